The van der Waals surface area contributed by atoms with Crippen molar-refractivity contribution in [3.05, 3.63) is 94.0 Å². The summed E-state index contributed by atoms with van der Waals surface area (Å²) in [5, 5.41) is 41.6. The molecule has 2 heterocycles. The van der Waals surface area contributed by atoms with Gasteiger partial charge in [-0.3, -0.25) is 0 Å². The number of nitrogens with one attached hydrogen (secondary N) is 1. The second kappa shape index (κ2) is 17.6. The first-order valence-electron chi connectivity index (χ1n) is 16.7. The van der Waals surface area contributed by atoms with Crippen molar-refractivity contribution in [1.82, 2.24) is 15.3 Å². The second-order valence-electron chi connectivity index (χ2n) is 13.2. The quantitative estimate of drug-likeness (QED) is 0.0931. The third kappa shape index (κ3) is 9.49. The fraction of sp³-hybridized carbons (Fsp3) is 0.436. The maximum absolute atomic E-state index is 9.64. The normalized spacial score (nSPS) is 11.8. The van der Waals surface area contributed by atoms with Gasteiger partial charge in [-0.15, -0.1) is 0 Å². The highest BCUT2D eigenvalue weighted by Gasteiger charge is 2.24. The molecule has 50 heavy (non-hydrogen) atoms. The van der Waals surface area contributed by atoms with E-state index in [1.165, 1.54) is 0 Å². The zero-order valence-electron chi connectivity index (χ0n) is 30.0. The number of rotatable bonds is 19. The number of nitrogens with zero attached hydrogens (tertiary/aromatic N) is 2. The smallest absolute Gasteiger partial charge is 0.220 e. The molecule has 0 amide bonds. The molecule has 0 aliphatic heterocycles. The molecule has 11 nitrogen and oxygen atoms in total. The van der Waals surface area contributed by atoms with Crippen LogP contribution in [-0.4, -0.2) is 76.6 Å². The molecule has 4 aromatic rings. The van der Waals surface area contributed by atoms with Crippen LogP contribution in [-0.2, 0) is 26.2 Å². The van der Waals surface area contributed by atoms with Crippen LogP contribution in [0.15, 0.2) is 60.7 Å². The number of aliphatic hydroxyl groups is 4. The third-order valence-electron chi connectivity index (χ3n) is 9.31. The van der Waals surface area contributed by atoms with Crippen molar-refractivity contribution < 1.29 is 39.4 Å². The van der Waals surface area contributed by atoms with Gasteiger partial charge in [0.25, 0.3) is 0 Å². The first-order chi connectivity index (χ1) is 24.0. The zero-order valence-corrected chi connectivity index (χ0v) is 30.0. The van der Waals surface area contributed by atoms with E-state index < -0.39 is 11.0 Å². The van der Waals surface area contributed by atoms with Gasteiger partial charge >= 0.3 is 0 Å². The van der Waals surface area contributed by atoms with Crippen LogP contribution in [0.5, 0.6) is 23.5 Å². The molecule has 2 aromatic carbocycles. The maximum atomic E-state index is 9.64. The number of hydrogen-bond donors (Lipinski definition) is 5. The lowest BCUT2D eigenvalue weighted by Gasteiger charge is -2.26. The molecule has 270 valence electrons. The molecule has 5 N–H and O–H groups in total. The Morgan fingerprint density at radius 2 is 1.10 bits per heavy atom. The van der Waals surface area contributed by atoms with Crippen molar-refractivity contribution in [2.45, 2.75) is 65.8 Å². The molecule has 11 heteroatoms. The van der Waals surface area contributed by atoms with Gasteiger partial charge in [-0.1, -0.05) is 43.3 Å². The Morgan fingerprint density at radius 1 is 0.620 bits per heavy atom. The second-order valence-corrected chi connectivity index (χ2v) is 13.2. The molecule has 0 radical (unpaired) electrons. The number of aromatic nitrogens is 2. The van der Waals surface area contributed by atoms with E-state index in [1.807, 2.05) is 49.4 Å². The summed E-state index contributed by atoms with van der Waals surface area (Å²) in [4.78, 5) is 9.09. The van der Waals surface area contributed by atoms with E-state index in [0.29, 0.717) is 56.1 Å². The third-order valence-corrected chi connectivity index (χ3v) is 9.31. The highest BCUT2D eigenvalue weighted by atomic mass is 16.5. The Bertz CT molecular complexity index is 1580. The average molecular weight is 690 g/mol. The molecule has 0 saturated heterocycles. The minimum Gasteiger partial charge on any atom is -0.481 e. The van der Waals surface area contributed by atoms with Gasteiger partial charge in [-0.05, 0) is 79.1 Å². The van der Waals surface area contributed by atoms with Crippen molar-refractivity contribution in [3.8, 4) is 34.6 Å². The van der Waals surface area contributed by atoms with Gasteiger partial charge in [0.1, 0.15) is 13.2 Å². The average Bonchev–Trinajstić information content (AvgIpc) is 3.15. The first-order valence-corrected chi connectivity index (χ1v) is 16.7. The Balaban J connectivity index is 1.44. The number of aliphatic hydroxyl groups excluding tert-OH is 4. The van der Waals surface area contributed by atoms with E-state index in [0.717, 1.165) is 44.5 Å². The summed E-state index contributed by atoms with van der Waals surface area (Å²) in [5.74, 6) is 1.73. The number of aryl methyl sites for hydroxylation is 1. The summed E-state index contributed by atoms with van der Waals surface area (Å²) in [6.45, 7) is 8.12. The SMILES string of the molecule is COc1nc(OCc2cccc(-c3cccc(COc4ccc(CNC(C)(CO)CO)c(OC)n4)c3C)c2C)ccc1CCC(C)(CO)CO. The van der Waals surface area contributed by atoms with Crippen LogP contribution in [0, 0.1) is 19.3 Å². The number of ether oxygens (including phenoxy) is 4. The lowest BCUT2D eigenvalue weighted by Crippen LogP contribution is -2.48. The van der Waals surface area contributed by atoms with Gasteiger partial charge in [0.15, 0.2) is 0 Å². The molecule has 0 bridgehead atoms. The number of benzene rings is 2. The van der Waals surface area contributed by atoms with E-state index in [1.54, 1.807) is 27.2 Å². The monoisotopic (exact) mass is 689 g/mol. The fourth-order valence-electron chi connectivity index (χ4n) is 5.43. The van der Waals surface area contributed by atoms with E-state index in [-0.39, 0.29) is 26.4 Å². The van der Waals surface area contributed by atoms with Crippen LogP contribution in [0.3, 0.4) is 0 Å². The summed E-state index contributed by atoms with van der Waals surface area (Å²) in [6.07, 6.45) is 1.19. The largest absolute Gasteiger partial charge is 0.481 e. The minimum atomic E-state index is -0.821. The van der Waals surface area contributed by atoms with Gasteiger partial charge < -0.3 is 44.7 Å². The summed E-state index contributed by atoms with van der Waals surface area (Å²) >= 11 is 0. The van der Waals surface area contributed by atoms with E-state index in [4.69, 9.17) is 18.9 Å². The number of hydrogen-bond acceptors (Lipinski definition) is 11. The molecule has 0 aliphatic carbocycles. The molecule has 0 unspecified atom stereocenters. The predicted octanol–water partition coefficient (Wildman–Crippen LogP) is 4.69. The van der Waals surface area contributed by atoms with Gasteiger partial charge in [-0.2, -0.15) is 9.97 Å². The molecule has 0 saturated carbocycles. The minimum absolute atomic E-state index is 0.0998. The Labute approximate surface area is 294 Å². The van der Waals surface area contributed by atoms with E-state index in [2.05, 4.69) is 41.3 Å². The van der Waals surface area contributed by atoms with Gasteiger partial charge in [0.2, 0.25) is 23.5 Å². The highest BCUT2D eigenvalue weighted by Crippen LogP contribution is 2.32. The summed E-state index contributed by atoms with van der Waals surface area (Å²) in [5.41, 5.74) is 6.69. The van der Waals surface area contributed by atoms with Crippen LogP contribution in [0.2, 0.25) is 0 Å². The first kappa shape index (κ1) is 38.5. The fourth-order valence-corrected chi connectivity index (χ4v) is 5.43. The maximum Gasteiger partial charge on any atom is 0.220 e. The summed E-state index contributed by atoms with van der Waals surface area (Å²) in [7, 11) is 3.11. The highest BCUT2D eigenvalue weighted by molar-refractivity contribution is 5.72. The zero-order chi connectivity index (χ0) is 36.3. The molecule has 2 aromatic heterocycles. The van der Waals surface area contributed by atoms with Crippen LogP contribution in [0.4, 0.5) is 0 Å². The number of pyridine rings is 2. The summed E-state index contributed by atoms with van der Waals surface area (Å²) < 4.78 is 23.3. The Morgan fingerprint density at radius 3 is 1.56 bits per heavy atom. The van der Waals surface area contributed by atoms with E-state index in [9.17, 15) is 20.4 Å². The topological polar surface area (TPSA) is 156 Å². The Hall–Kier alpha value is -4.26. The molecular weight excluding hydrogens is 638 g/mol. The molecule has 0 spiro atoms. The van der Waals surface area contributed by atoms with Gasteiger partial charge in [0, 0.05) is 35.2 Å². The van der Waals surface area contributed by atoms with Gasteiger partial charge in [0.05, 0.1) is 46.2 Å². The standard InChI is InChI=1S/C39H51N3O8/c1-26-30(20-49-34-15-13-28(36(41-34)47-5)17-18-38(3,22-43)23-44)9-7-11-32(26)33-12-8-10-31(27(33)2)21-50-35-16-14-29(37(42-35)48-6)19-40-39(4,24-45)25-46/h7-16,40,43-46H,17-25H2,1-6H3. The van der Waals surface area contributed by atoms with E-state index >= 15 is 0 Å². The number of methoxy groups -OCH3 is 2. The van der Waals surface area contributed by atoms with Crippen molar-refractivity contribution in [1.29, 1.82) is 0 Å². The predicted molar refractivity (Wildman–Crippen MR) is 192 cm³/mol. The molecule has 4 rings (SSSR count). The van der Waals surface area contributed by atoms with Crippen molar-refractivity contribution in [2.75, 3.05) is 40.6 Å². The Kier molecular flexibility index (Phi) is 13.6. The van der Waals surface area contributed by atoms with Crippen molar-refractivity contribution in [3.63, 3.8) is 0 Å². The van der Waals surface area contributed by atoms with Crippen LogP contribution in [0.25, 0.3) is 11.1 Å². The molecule has 0 fully saturated rings. The molecule has 0 atom stereocenters. The van der Waals surface area contributed by atoms with Crippen molar-refractivity contribution in [2.24, 2.45) is 5.41 Å². The molecule has 0 aliphatic rings. The van der Waals surface area contributed by atoms with Gasteiger partial charge in [-0.25, -0.2) is 0 Å². The lowest BCUT2D eigenvalue weighted by molar-refractivity contribution is 0.0630. The van der Waals surface area contributed by atoms with Crippen LogP contribution < -0.4 is 24.3 Å². The van der Waals surface area contributed by atoms with Crippen LogP contribution >= 0.6 is 0 Å². The summed E-state index contributed by atoms with van der Waals surface area (Å²) in [6, 6.07) is 19.7. The van der Waals surface area contributed by atoms with Crippen molar-refractivity contribution >= 4 is 0 Å². The molecular formula is C39H51N3O8. The van der Waals surface area contributed by atoms with Crippen LogP contribution in [0.1, 0.15) is 53.6 Å². The lowest BCUT2D eigenvalue weighted by atomic mass is 9.86.